The fourth-order valence-electron chi connectivity index (χ4n) is 2.60. The van der Waals surface area contributed by atoms with Gasteiger partial charge in [0.25, 0.3) is 0 Å². The molecule has 8 nitrogen and oxygen atoms in total. The molecule has 0 amide bonds. The van der Waals surface area contributed by atoms with E-state index in [9.17, 15) is 14.4 Å². The number of esters is 3. The minimum Gasteiger partial charge on any atom is -0.493 e. The number of hydrogen-bond donors (Lipinski definition) is 0. The lowest BCUT2D eigenvalue weighted by atomic mass is 9.77. The molecule has 1 rings (SSSR count). The third kappa shape index (κ3) is 4.90. The second-order valence-corrected chi connectivity index (χ2v) is 5.40. The van der Waals surface area contributed by atoms with Crippen LogP contribution >= 0.6 is 0 Å². The molecule has 0 radical (unpaired) electrons. The highest BCUT2D eigenvalue weighted by Gasteiger charge is 2.53. The second-order valence-electron chi connectivity index (χ2n) is 5.40. The van der Waals surface area contributed by atoms with E-state index >= 15 is 0 Å². The lowest BCUT2D eigenvalue weighted by Gasteiger charge is -2.29. The van der Waals surface area contributed by atoms with Crippen molar-refractivity contribution in [1.29, 1.82) is 0 Å². The van der Waals surface area contributed by atoms with Crippen molar-refractivity contribution in [1.82, 2.24) is 0 Å². The first-order chi connectivity index (χ1) is 12.9. The summed E-state index contributed by atoms with van der Waals surface area (Å²) in [5, 5.41) is 0. The van der Waals surface area contributed by atoms with Crippen molar-refractivity contribution in [3.05, 3.63) is 23.8 Å². The van der Waals surface area contributed by atoms with Crippen LogP contribution in [0.15, 0.2) is 18.2 Å². The Morgan fingerprint density at radius 3 is 1.78 bits per heavy atom. The Hall–Kier alpha value is -2.77. The number of carbonyl (C=O) groups excluding carboxylic acids is 3. The molecule has 1 aromatic rings. The number of hydrogen-bond acceptors (Lipinski definition) is 8. The van der Waals surface area contributed by atoms with Gasteiger partial charge in [-0.05, 0) is 38.5 Å². The molecule has 1 aromatic carbocycles. The first-order valence-corrected chi connectivity index (χ1v) is 8.63. The van der Waals surface area contributed by atoms with Crippen LogP contribution in [0.4, 0.5) is 0 Å². The standard InChI is InChI=1S/C19H26O8/c1-6-25-16(20)12-19(17(21)26-7-2,18(22)27-8-3)13-9-10-14(23-4)15(11-13)24-5/h9-11H,6-8,12H2,1-5H3. The second kappa shape index (κ2) is 10.4. The van der Waals surface area contributed by atoms with Gasteiger partial charge in [-0.1, -0.05) is 6.07 Å². The molecular weight excluding hydrogens is 356 g/mol. The topological polar surface area (TPSA) is 97.4 Å². The molecule has 0 heterocycles. The molecule has 0 aliphatic heterocycles. The molecule has 27 heavy (non-hydrogen) atoms. The molecule has 0 saturated carbocycles. The monoisotopic (exact) mass is 382 g/mol. The molecule has 8 heteroatoms. The highest BCUT2D eigenvalue weighted by atomic mass is 16.6. The van der Waals surface area contributed by atoms with E-state index in [1.807, 2.05) is 0 Å². The van der Waals surface area contributed by atoms with Gasteiger partial charge in [0.1, 0.15) is 0 Å². The number of carbonyl (C=O) groups is 3. The smallest absolute Gasteiger partial charge is 0.328 e. The zero-order chi connectivity index (χ0) is 20.4. The molecule has 0 unspecified atom stereocenters. The first kappa shape index (κ1) is 22.3. The lowest BCUT2D eigenvalue weighted by molar-refractivity contribution is -0.169. The summed E-state index contributed by atoms with van der Waals surface area (Å²) in [6, 6.07) is 4.48. The van der Waals surface area contributed by atoms with Gasteiger partial charge >= 0.3 is 17.9 Å². The molecule has 150 valence electrons. The summed E-state index contributed by atoms with van der Waals surface area (Å²) in [5.74, 6) is -1.84. The molecule has 0 atom stereocenters. The zero-order valence-corrected chi connectivity index (χ0v) is 16.3. The van der Waals surface area contributed by atoms with E-state index in [-0.39, 0.29) is 31.1 Å². The molecule has 0 aromatic heterocycles. The molecule has 0 bridgehead atoms. The van der Waals surface area contributed by atoms with E-state index < -0.39 is 29.7 Å². The fourth-order valence-corrected chi connectivity index (χ4v) is 2.60. The lowest BCUT2D eigenvalue weighted by Crippen LogP contribution is -2.48. The largest absolute Gasteiger partial charge is 0.493 e. The maximum absolute atomic E-state index is 12.9. The van der Waals surface area contributed by atoms with Crippen molar-refractivity contribution >= 4 is 17.9 Å². The molecule has 0 aliphatic carbocycles. The van der Waals surface area contributed by atoms with Crippen molar-refractivity contribution in [2.24, 2.45) is 0 Å². The summed E-state index contributed by atoms with van der Waals surface area (Å²) in [6.07, 6.45) is -0.562. The number of methoxy groups -OCH3 is 2. The van der Waals surface area contributed by atoms with Gasteiger partial charge < -0.3 is 23.7 Å². The molecule has 0 aliphatic rings. The highest BCUT2D eigenvalue weighted by molar-refractivity contribution is 6.09. The molecule has 0 fully saturated rings. The summed E-state index contributed by atoms with van der Waals surface area (Å²) in [7, 11) is 2.88. The molecular formula is C19H26O8. The number of benzene rings is 1. The van der Waals surface area contributed by atoms with Gasteiger partial charge in [-0.2, -0.15) is 0 Å². The van der Waals surface area contributed by atoms with E-state index in [1.54, 1.807) is 20.8 Å². The first-order valence-electron chi connectivity index (χ1n) is 8.63. The summed E-state index contributed by atoms with van der Waals surface area (Å²) < 4.78 is 25.7. The van der Waals surface area contributed by atoms with Gasteiger partial charge in [0, 0.05) is 0 Å². The SMILES string of the molecule is CCOC(=O)CC(C(=O)OCC)(C(=O)OCC)c1ccc(OC)c(OC)c1. The predicted molar refractivity (Wildman–Crippen MR) is 95.7 cm³/mol. The normalized spacial score (nSPS) is 10.7. The van der Waals surface area contributed by atoms with Crippen LogP contribution in [0.5, 0.6) is 11.5 Å². The van der Waals surface area contributed by atoms with Crippen LogP contribution in [0.2, 0.25) is 0 Å². The van der Waals surface area contributed by atoms with E-state index in [1.165, 1.54) is 32.4 Å². The molecule has 0 saturated heterocycles. The van der Waals surface area contributed by atoms with Gasteiger partial charge in [-0.25, -0.2) is 0 Å². The summed E-state index contributed by atoms with van der Waals surface area (Å²) in [4.78, 5) is 38.0. The summed E-state index contributed by atoms with van der Waals surface area (Å²) in [5.41, 5.74) is -1.83. The Labute approximate surface area is 158 Å². The van der Waals surface area contributed by atoms with Crippen molar-refractivity contribution in [2.45, 2.75) is 32.6 Å². The Kier molecular flexibility index (Phi) is 8.58. The minimum absolute atomic E-state index is 0.0239. The van der Waals surface area contributed by atoms with Gasteiger partial charge in [0.2, 0.25) is 5.41 Å². The Morgan fingerprint density at radius 1 is 0.815 bits per heavy atom. The van der Waals surface area contributed by atoms with Crippen LogP contribution in [-0.2, 0) is 34.0 Å². The van der Waals surface area contributed by atoms with Crippen molar-refractivity contribution in [3.8, 4) is 11.5 Å². The van der Waals surface area contributed by atoms with E-state index in [2.05, 4.69) is 0 Å². The predicted octanol–water partition coefficient (Wildman–Crippen LogP) is 2.02. The average Bonchev–Trinajstić information content (AvgIpc) is 2.66. The van der Waals surface area contributed by atoms with Gasteiger partial charge in [-0.3, -0.25) is 14.4 Å². The highest BCUT2D eigenvalue weighted by Crippen LogP contribution is 2.37. The Morgan fingerprint density at radius 2 is 1.33 bits per heavy atom. The van der Waals surface area contributed by atoms with Crippen molar-refractivity contribution in [2.75, 3.05) is 34.0 Å². The minimum atomic E-state index is -2.02. The van der Waals surface area contributed by atoms with Gasteiger partial charge in [-0.15, -0.1) is 0 Å². The number of rotatable bonds is 10. The van der Waals surface area contributed by atoms with E-state index in [0.29, 0.717) is 5.75 Å². The average molecular weight is 382 g/mol. The Balaban J connectivity index is 3.64. The Bertz CT molecular complexity index is 650. The van der Waals surface area contributed by atoms with E-state index in [0.717, 1.165) is 0 Å². The van der Waals surface area contributed by atoms with Gasteiger partial charge in [0.15, 0.2) is 11.5 Å². The quantitative estimate of drug-likeness (QED) is 0.344. The summed E-state index contributed by atoms with van der Waals surface area (Å²) in [6.45, 7) is 4.99. The van der Waals surface area contributed by atoms with Crippen molar-refractivity contribution in [3.63, 3.8) is 0 Å². The van der Waals surface area contributed by atoms with Crippen LogP contribution in [0, 0.1) is 0 Å². The van der Waals surface area contributed by atoms with Gasteiger partial charge in [0.05, 0.1) is 40.5 Å². The summed E-state index contributed by atoms with van der Waals surface area (Å²) >= 11 is 0. The third-order valence-corrected chi connectivity index (χ3v) is 3.84. The maximum atomic E-state index is 12.9. The maximum Gasteiger partial charge on any atom is 0.328 e. The molecule has 0 spiro atoms. The zero-order valence-electron chi connectivity index (χ0n) is 16.3. The van der Waals surface area contributed by atoms with E-state index in [4.69, 9.17) is 23.7 Å². The number of ether oxygens (including phenoxy) is 5. The van der Waals surface area contributed by atoms with Crippen LogP contribution in [0.3, 0.4) is 0 Å². The van der Waals surface area contributed by atoms with Crippen LogP contribution < -0.4 is 9.47 Å². The third-order valence-electron chi connectivity index (χ3n) is 3.84. The molecule has 0 N–H and O–H groups in total. The van der Waals surface area contributed by atoms with Crippen LogP contribution in [0.1, 0.15) is 32.8 Å². The van der Waals surface area contributed by atoms with Crippen molar-refractivity contribution < 1.29 is 38.1 Å². The van der Waals surface area contributed by atoms with Crippen LogP contribution in [0.25, 0.3) is 0 Å². The van der Waals surface area contributed by atoms with Crippen LogP contribution in [-0.4, -0.2) is 51.9 Å². The fraction of sp³-hybridized carbons (Fsp3) is 0.526.